The number of nitrogens with zero attached hydrogens (tertiary/aromatic N) is 1. The van der Waals surface area contributed by atoms with Crippen LogP contribution in [0.15, 0.2) is 85.5 Å². The largest absolute Gasteiger partial charge is 0.251 e. The molecular formula is C26H20IN. The minimum Gasteiger partial charge on any atom is -0.251 e. The molecule has 0 bridgehead atoms. The van der Waals surface area contributed by atoms with Gasteiger partial charge in [-0.2, -0.15) is 0 Å². The molecule has 136 valence electrons. The van der Waals surface area contributed by atoms with Gasteiger partial charge in [-0.1, -0.05) is 101 Å². The summed E-state index contributed by atoms with van der Waals surface area (Å²) in [7, 11) is 0. The van der Waals surface area contributed by atoms with Crippen LogP contribution in [-0.2, 0) is 0 Å². The summed E-state index contributed by atoms with van der Waals surface area (Å²) in [5.41, 5.74) is 2.25. The average Bonchev–Trinajstić information content (AvgIpc) is 2.77. The minimum absolute atomic E-state index is 0.261. The van der Waals surface area contributed by atoms with Gasteiger partial charge in [0.1, 0.15) is 0 Å². The molecule has 5 aromatic rings. The third kappa shape index (κ3) is 2.62. The maximum atomic E-state index is 5.30. The lowest BCUT2D eigenvalue weighted by Gasteiger charge is -2.18. The van der Waals surface area contributed by atoms with Crippen molar-refractivity contribution in [2.75, 3.05) is 4.43 Å². The van der Waals surface area contributed by atoms with E-state index in [2.05, 4.69) is 108 Å². The van der Waals surface area contributed by atoms with Gasteiger partial charge in [0, 0.05) is 26.5 Å². The molecule has 1 aromatic heterocycles. The highest BCUT2D eigenvalue weighted by Gasteiger charge is 2.18. The van der Waals surface area contributed by atoms with Crippen LogP contribution >= 0.6 is 22.6 Å². The van der Waals surface area contributed by atoms with Gasteiger partial charge in [0.2, 0.25) is 0 Å². The van der Waals surface area contributed by atoms with Gasteiger partial charge < -0.3 is 0 Å². The summed E-state index contributed by atoms with van der Waals surface area (Å²) < 4.78 is 1.08. The molecule has 0 aliphatic carbocycles. The zero-order valence-electron chi connectivity index (χ0n) is 15.5. The molecule has 1 unspecified atom stereocenters. The van der Waals surface area contributed by atoms with E-state index < -0.39 is 0 Å². The Morgan fingerprint density at radius 3 is 1.86 bits per heavy atom. The number of halogens is 1. The normalized spacial score (nSPS) is 12.8. The molecule has 1 nitrogen and oxygen atoms in total. The molecule has 0 radical (unpaired) electrons. The van der Waals surface area contributed by atoms with Gasteiger partial charge in [-0.25, -0.2) is 0 Å². The maximum Gasteiger partial charge on any atom is 0.0796 e. The van der Waals surface area contributed by atoms with Gasteiger partial charge in [-0.15, -0.1) is 6.58 Å². The molecule has 1 atom stereocenters. The van der Waals surface area contributed by atoms with Crippen molar-refractivity contribution in [2.24, 2.45) is 0 Å². The van der Waals surface area contributed by atoms with E-state index in [1.54, 1.807) is 0 Å². The summed E-state index contributed by atoms with van der Waals surface area (Å²) in [6.07, 6.45) is 3.11. The highest BCUT2D eigenvalue weighted by molar-refractivity contribution is 14.1. The topological polar surface area (TPSA) is 12.9 Å². The van der Waals surface area contributed by atoms with E-state index in [-0.39, 0.29) is 5.92 Å². The van der Waals surface area contributed by atoms with E-state index in [1.807, 2.05) is 0 Å². The Balaban J connectivity index is 2.07. The van der Waals surface area contributed by atoms with Crippen LogP contribution in [0, 0.1) is 0 Å². The standard InChI is InChI=1S/C26H20IN/c1-2-17(15-16-27)25-23-14-8-6-12-21(23)24-20-11-5-3-9-18(20)19-10-4-7-13-22(19)26(24)28-25/h2-14,17H,1,15-16H2. The molecule has 0 N–H and O–H groups in total. The number of rotatable bonds is 4. The van der Waals surface area contributed by atoms with E-state index in [4.69, 9.17) is 4.98 Å². The SMILES string of the molecule is C=CC(CCI)c1nc2c3ccccc3c3ccccc3c2c2ccccc12. The molecule has 0 aliphatic heterocycles. The summed E-state index contributed by atoms with van der Waals surface area (Å²) in [5, 5.41) is 8.83. The quantitative estimate of drug-likeness (QED) is 0.112. The number of aromatic nitrogens is 1. The Morgan fingerprint density at radius 1 is 0.750 bits per heavy atom. The first-order valence-corrected chi connectivity index (χ1v) is 11.2. The van der Waals surface area contributed by atoms with E-state index in [9.17, 15) is 0 Å². The predicted octanol–water partition coefficient (Wildman–Crippen LogP) is 7.79. The van der Waals surface area contributed by atoms with Gasteiger partial charge in [0.15, 0.2) is 0 Å². The lowest BCUT2D eigenvalue weighted by molar-refractivity contribution is 0.806. The number of allylic oxidation sites excluding steroid dienone is 1. The number of benzene rings is 4. The first-order chi connectivity index (χ1) is 13.8. The molecule has 0 saturated carbocycles. The zero-order valence-corrected chi connectivity index (χ0v) is 17.7. The van der Waals surface area contributed by atoms with E-state index in [1.165, 1.54) is 37.7 Å². The van der Waals surface area contributed by atoms with Crippen LogP contribution in [0.1, 0.15) is 18.0 Å². The van der Waals surface area contributed by atoms with E-state index >= 15 is 0 Å². The molecule has 0 spiro atoms. The first kappa shape index (κ1) is 17.6. The molecule has 0 saturated heterocycles. The number of pyridine rings is 1. The second kappa shape index (κ2) is 7.17. The van der Waals surface area contributed by atoms with Crippen molar-refractivity contribution in [2.45, 2.75) is 12.3 Å². The van der Waals surface area contributed by atoms with Crippen LogP contribution in [0.2, 0.25) is 0 Å². The number of alkyl halides is 1. The second-order valence-electron chi connectivity index (χ2n) is 7.18. The van der Waals surface area contributed by atoms with Crippen molar-refractivity contribution < 1.29 is 0 Å². The van der Waals surface area contributed by atoms with E-state index in [0.717, 1.165) is 22.1 Å². The van der Waals surface area contributed by atoms with Crippen molar-refractivity contribution in [3.8, 4) is 0 Å². The van der Waals surface area contributed by atoms with Crippen molar-refractivity contribution in [3.63, 3.8) is 0 Å². The van der Waals surface area contributed by atoms with Crippen LogP contribution in [0.25, 0.3) is 43.2 Å². The third-order valence-electron chi connectivity index (χ3n) is 5.67. The molecule has 28 heavy (non-hydrogen) atoms. The van der Waals surface area contributed by atoms with Gasteiger partial charge in [-0.05, 0) is 28.0 Å². The molecule has 4 aromatic carbocycles. The van der Waals surface area contributed by atoms with Gasteiger partial charge in [-0.3, -0.25) is 4.98 Å². The Morgan fingerprint density at radius 2 is 1.25 bits per heavy atom. The molecular weight excluding hydrogens is 453 g/mol. The smallest absolute Gasteiger partial charge is 0.0796 e. The van der Waals surface area contributed by atoms with Crippen molar-refractivity contribution in [3.05, 3.63) is 91.1 Å². The average molecular weight is 473 g/mol. The summed E-state index contributed by atoms with van der Waals surface area (Å²) in [6, 6.07) is 26.1. The Bertz CT molecular complexity index is 1350. The summed E-state index contributed by atoms with van der Waals surface area (Å²) in [6.45, 7) is 4.11. The van der Waals surface area contributed by atoms with Crippen molar-refractivity contribution in [1.82, 2.24) is 4.98 Å². The molecule has 0 amide bonds. The third-order valence-corrected chi connectivity index (χ3v) is 6.29. The molecule has 2 heteroatoms. The highest BCUT2D eigenvalue weighted by atomic mass is 127. The lowest BCUT2D eigenvalue weighted by Crippen LogP contribution is -2.02. The maximum absolute atomic E-state index is 5.30. The Labute approximate surface area is 178 Å². The molecule has 1 heterocycles. The lowest BCUT2D eigenvalue weighted by atomic mass is 9.90. The monoisotopic (exact) mass is 473 g/mol. The summed E-state index contributed by atoms with van der Waals surface area (Å²) in [4.78, 5) is 5.30. The van der Waals surface area contributed by atoms with Gasteiger partial charge in [0.05, 0.1) is 11.2 Å². The van der Waals surface area contributed by atoms with Crippen LogP contribution < -0.4 is 0 Å². The highest BCUT2D eigenvalue weighted by Crippen LogP contribution is 2.40. The minimum atomic E-state index is 0.261. The van der Waals surface area contributed by atoms with Crippen molar-refractivity contribution in [1.29, 1.82) is 0 Å². The summed E-state index contributed by atoms with van der Waals surface area (Å²) in [5.74, 6) is 0.261. The number of fused-ring (bicyclic) bond motifs is 8. The Kier molecular flexibility index (Phi) is 4.52. The number of hydrogen-bond donors (Lipinski definition) is 0. The fourth-order valence-corrected chi connectivity index (χ4v) is 5.05. The van der Waals surface area contributed by atoms with Crippen LogP contribution in [0.4, 0.5) is 0 Å². The Hall–Kier alpha value is -2.46. The van der Waals surface area contributed by atoms with E-state index in [0.29, 0.717) is 0 Å². The van der Waals surface area contributed by atoms with Gasteiger partial charge >= 0.3 is 0 Å². The van der Waals surface area contributed by atoms with Crippen LogP contribution in [0.3, 0.4) is 0 Å². The molecule has 5 rings (SSSR count). The number of hydrogen-bond acceptors (Lipinski definition) is 1. The van der Waals surface area contributed by atoms with Crippen LogP contribution in [-0.4, -0.2) is 9.41 Å². The van der Waals surface area contributed by atoms with Crippen molar-refractivity contribution >= 4 is 65.8 Å². The fraction of sp³-hybridized carbons (Fsp3) is 0.115. The summed E-state index contributed by atoms with van der Waals surface area (Å²) >= 11 is 2.44. The fourth-order valence-electron chi connectivity index (χ4n) is 4.38. The second-order valence-corrected chi connectivity index (χ2v) is 8.26. The van der Waals surface area contributed by atoms with Gasteiger partial charge in [0.25, 0.3) is 0 Å². The molecule has 0 aliphatic rings. The predicted molar refractivity (Wildman–Crippen MR) is 131 cm³/mol. The molecule has 0 fully saturated rings. The first-order valence-electron chi connectivity index (χ1n) is 9.64. The zero-order chi connectivity index (χ0) is 19.1. The van der Waals surface area contributed by atoms with Crippen LogP contribution in [0.5, 0.6) is 0 Å².